The lowest BCUT2D eigenvalue weighted by Crippen LogP contribution is -2.57. The highest BCUT2D eigenvalue weighted by Gasteiger charge is 2.48. The van der Waals surface area contributed by atoms with E-state index in [0.29, 0.717) is 5.41 Å². The highest BCUT2D eigenvalue weighted by molar-refractivity contribution is 6.69. The van der Waals surface area contributed by atoms with Crippen molar-refractivity contribution in [1.29, 1.82) is 0 Å². The Kier molecular flexibility index (Phi) is 3.21. The fourth-order valence-corrected chi connectivity index (χ4v) is 4.67. The largest absolute Gasteiger partial charge is 0.436 e. The minimum absolute atomic E-state index is 0.179. The van der Waals surface area contributed by atoms with Crippen LogP contribution in [0.3, 0.4) is 0 Å². The Balaban J connectivity index is 1.86. The molecule has 2 aromatic heterocycles. The van der Waals surface area contributed by atoms with Crippen molar-refractivity contribution in [1.82, 2.24) is 14.6 Å². The standard InChI is InChI=1S/C19H26BN3O/c1-13-7-8-14-15-9-20(22(6)10-16(15)24-17(14)21-13)23-12-18(2,3)11-19(23,4)5/h7-10H,11-12H2,1-6H3. The second-order valence-electron chi connectivity index (χ2n) is 8.84. The van der Waals surface area contributed by atoms with Gasteiger partial charge in [-0.3, -0.25) is 0 Å². The normalized spacial score (nSPS) is 22.4. The van der Waals surface area contributed by atoms with Crippen LogP contribution in [0.5, 0.6) is 0 Å². The fraction of sp³-hybridized carbons (Fsp3) is 0.526. The van der Waals surface area contributed by atoms with E-state index in [0.717, 1.165) is 28.8 Å². The van der Waals surface area contributed by atoms with E-state index in [1.165, 1.54) is 11.6 Å². The molecule has 24 heavy (non-hydrogen) atoms. The topological polar surface area (TPSA) is 32.5 Å². The molecule has 2 aliphatic rings. The minimum Gasteiger partial charge on any atom is -0.436 e. The zero-order valence-corrected chi connectivity index (χ0v) is 15.6. The molecule has 0 radical (unpaired) electrons. The predicted molar refractivity (Wildman–Crippen MR) is 99.6 cm³/mol. The van der Waals surface area contributed by atoms with Gasteiger partial charge in [0.25, 0.3) is 0 Å². The van der Waals surface area contributed by atoms with Gasteiger partial charge < -0.3 is 14.0 Å². The van der Waals surface area contributed by atoms with E-state index >= 15 is 0 Å². The molecule has 0 spiro atoms. The summed E-state index contributed by atoms with van der Waals surface area (Å²) in [5, 5.41) is 2.29. The van der Waals surface area contributed by atoms with Gasteiger partial charge in [0.05, 0.1) is 0 Å². The quantitative estimate of drug-likeness (QED) is 0.753. The molecular weight excluding hydrogens is 297 g/mol. The van der Waals surface area contributed by atoms with Gasteiger partial charge in [-0.15, -0.1) is 0 Å². The van der Waals surface area contributed by atoms with Crippen LogP contribution < -0.4 is 10.6 Å². The number of aryl methyl sites for hydroxylation is 1. The summed E-state index contributed by atoms with van der Waals surface area (Å²) < 4.78 is 5.99. The van der Waals surface area contributed by atoms with Gasteiger partial charge in [0.15, 0.2) is 5.42 Å². The zero-order valence-electron chi connectivity index (χ0n) is 15.6. The number of rotatable bonds is 1. The van der Waals surface area contributed by atoms with E-state index in [-0.39, 0.29) is 12.5 Å². The third-order valence-corrected chi connectivity index (χ3v) is 5.42. The van der Waals surface area contributed by atoms with Crippen LogP contribution in [-0.2, 0) is 0 Å². The highest BCUT2D eigenvalue weighted by Crippen LogP contribution is 2.41. The number of aromatic nitrogens is 1. The summed E-state index contributed by atoms with van der Waals surface area (Å²) in [6.07, 6.45) is 3.33. The molecule has 0 bridgehead atoms. The number of hydrogen-bond acceptors (Lipinski definition) is 4. The van der Waals surface area contributed by atoms with Gasteiger partial charge in [-0.25, -0.2) is 4.98 Å². The van der Waals surface area contributed by atoms with Crippen molar-refractivity contribution in [3.8, 4) is 0 Å². The molecule has 2 aromatic rings. The second kappa shape index (κ2) is 4.88. The Morgan fingerprint density at radius 2 is 1.96 bits per heavy atom. The molecule has 0 aliphatic carbocycles. The third kappa shape index (κ3) is 2.37. The fourth-order valence-electron chi connectivity index (χ4n) is 4.67. The van der Waals surface area contributed by atoms with E-state index in [1.54, 1.807) is 0 Å². The Labute approximate surface area is 144 Å². The van der Waals surface area contributed by atoms with E-state index in [4.69, 9.17) is 4.42 Å². The molecule has 0 atom stereocenters. The van der Waals surface area contributed by atoms with Gasteiger partial charge in [0.1, 0.15) is 0 Å². The van der Waals surface area contributed by atoms with E-state index in [2.05, 4.69) is 73.7 Å². The first kappa shape index (κ1) is 15.8. The molecule has 5 heteroatoms. The molecule has 0 aromatic carbocycles. The highest BCUT2D eigenvalue weighted by atomic mass is 16.3. The summed E-state index contributed by atoms with van der Waals surface area (Å²) in [6, 6.07) is 4.19. The summed E-state index contributed by atoms with van der Waals surface area (Å²) >= 11 is 0. The van der Waals surface area contributed by atoms with Crippen molar-refractivity contribution < 1.29 is 4.42 Å². The summed E-state index contributed by atoms with van der Waals surface area (Å²) in [6.45, 7) is 12.8. The molecule has 0 saturated carbocycles. The maximum Gasteiger partial charge on any atom is 0.371 e. The predicted octanol–water partition coefficient (Wildman–Crippen LogP) is 2.14. The smallest absolute Gasteiger partial charge is 0.371 e. The number of nitrogens with zero attached hydrogens (tertiary/aromatic N) is 3. The van der Waals surface area contributed by atoms with E-state index < -0.39 is 0 Å². The average Bonchev–Trinajstić information content (AvgIpc) is 2.89. The Bertz CT molecular complexity index is 928. The third-order valence-electron chi connectivity index (χ3n) is 5.42. The van der Waals surface area contributed by atoms with Crippen LogP contribution in [0.2, 0.25) is 0 Å². The lowest BCUT2D eigenvalue weighted by atomic mass is 9.67. The second-order valence-corrected chi connectivity index (χ2v) is 8.84. The molecule has 126 valence electrons. The molecule has 0 N–H and O–H groups in total. The van der Waals surface area contributed by atoms with Crippen molar-refractivity contribution in [2.75, 3.05) is 13.6 Å². The molecule has 2 aliphatic heterocycles. The maximum atomic E-state index is 5.99. The average molecular weight is 323 g/mol. The Morgan fingerprint density at radius 1 is 1.21 bits per heavy atom. The first-order valence-electron chi connectivity index (χ1n) is 8.75. The van der Waals surface area contributed by atoms with Gasteiger partial charge in [0.2, 0.25) is 5.71 Å². The lowest BCUT2D eigenvalue weighted by molar-refractivity contribution is 0.282. The van der Waals surface area contributed by atoms with Crippen molar-refractivity contribution in [2.24, 2.45) is 5.41 Å². The summed E-state index contributed by atoms with van der Waals surface area (Å²) in [5.74, 6) is 2.35. The van der Waals surface area contributed by atoms with Crippen LogP contribution in [0.15, 0.2) is 16.5 Å². The monoisotopic (exact) mass is 323 g/mol. The molecule has 1 saturated heterocycles. The first-order valence-corrected chi connectivity index (χ1v) is 8.75. The number of fused-ring (bicyclic) bond motifs is 3. The van der Waals surface area contributed by atoms with Crippen LogP contribution in [0.1, 0.15) is 39.8 Å². The minimum atomic E-state index is 0.179. The van der Waals surface area contributed by atoms with Crippen LogP contribution in [0, 0.1) is 12.3 Å². The van der Waals surface area contributed by atoms with Crippen LogP contribution in [0.4, 0.5) is 0 Å². The molecule has 0 amide bonds. The van der Waals surface area contributed by atoms with E-state index in [9.17, 15) is 0 Å². The Hall–Kier alpha value is -1.75. The summed E-state index contributed by atoms with van der Waals surface area (Å²) in [5.41, 5.74) is 3.16. The summed E-state index contributed by atoms with van der Waals surface area (Å²) in [4.78, 5) is 9.42. The Morgan fingerprint density at radius 3 is 2.62 bits per heavy atom. The van der Waals surface area contributed by atoms with Gasteiger partial charge in [-0.2, -0.15) is 0 Å². The SMILES string of the molecule is Cc1ccc2c3c(oc2n1)=CN(C)B(N1CC(C)(C)CC1(C)C)C=3. The number of furan rings is 1. The van der Waals surface area contributed by atoms with Gasteiger partial charge in [0, 0.05) is 28.0 Å². The van der Waals surface area contributed by atoms with Gasteiger partial charge in [-0.1, -0.05) is 19.8 Å². The van der Waals surface area contributed by atoms with Crippen molar-refractivity contribution in [2.45, 2.75) is 46.6 Å². The lowest BCUT2D eigenvalue weighted by Gasteiger charge is -2.39. The molecule has 4 rings (SSSR count). The van der Waals surface area contributed by atoms with Gasteiger partial charge in [-0.05, 0) is 58.3 Å². The molecule has 0 unspecified atom stereocenters. The van der Waals surface area contributed by atoms with Gasteiger partial charge >= 0.3 is 6.98 Å². The van der Waals surface area contributed by atoms with Crippen LogP contribution in [0.25, 0.3) is 23.3 Å². The van der Waals surface area contributed by atoms with Crippen molar-refractivity contribution in [3.05, 3.63) is 28.5 Å². The number of hydrogen-bond donors (Lipinski definition) is 0. The van der Waals surface area contributed by atoms with Crippen molar-refractivity contribution >= 4 is 30.3 Å². The summed E-state index contributed by atoms with van der Waals surface area (Å²) in [7, 11) is 2.14. The maximum absolute atomic E-state index is 5.99. The van der Waals surface area contributed by atoms with Crippen molar-refractivity contribution in [3.63, 3.8) is 0 Å². The van der Waals surface area contributed by atoms with Crippen LogP contribution >= 0.6 is 0 Å². The first-order chi connectivity index (χ1) is 11.2. The number of pyridine rings is 1. The molecule has 1 fully saturated rings. The molecular formula is C19H26BN3O. The molecule has 4 nitrogen and oxygen atoms in total. The van der Waals surface area contributed by atoms with Crippen LogP contribution in [-0.4, -0.2) is 40.7 Å². The molecule has 4 heterocycles. The van der Waals surface area contributed by atoms with E-state index in [1.807, 2.05) is 6.92 Å². The zero-order chi connectivity index (χ0) is 17.3.